The average Bonchev–Trinajstić information content (AvgIpc) is 3.07. The molecule has 2 aromatic carbocycles. The monoisotopic (exact) mass is 361 g/mol. The molecule has 132 valence electrons. The van der Waals surface area contributed by atoms with Gasteiger partial charge in [-0.2, -0.15) is 4.31 Å². The van der Waals surface area contributed by atoms with Crippen molar-refractivity contribution >= 4 is 16.0 Å². The number of benzene rings is 2. The van der Waals surface area contributed by atoms with Crippen molar-refractivity contribution in [2.75, 3.05) is 6.54 Å². The molecule has 1 aliphatic heterocycles. The number of hydrogen-bond acceptors (Lipinski definition) is 4. The molecule has 1 saturated heterocycles. The predicted molar refractivity (Wildman–Crippen MR) is 91.4 cm³/mol. The van der Waals surface area contributed by atoms with Gasteiger partial charge in [0.1, 0.15) is 6.04 Å². The fraction of sp³-hybridized carbons (Fsp3) is 0.278. The van der Waals surface area contributed by atoms with Gasteiger partial charge in [-0.1, -0.05) is 48.5 Å². The number of carbonyl (C=O) groups is 1. The maximum atomic E-state index is 12.8. The van der Waals surface area contributed by atoms with E-state index in [0.717, 1.165) is 9.87 Å². The number of rotatable bonds is 6. The lowest BCUT2D eigenvalue weighted by Gasteiger charge is -2.20. The molecule has 7 heteroatoms. The van der Waals surface area contributed by atoms with Crippen LogP contribution in [0.4, 0.5) is 0 Å². The summed E-state index contributed by atoms with van der Waals surface area (Å²) in [6, 6.07) is 16.2. The first-order valence-corrected chi connectivity index (χ1v) is 9.37. The number of carboxylic acid groups (broad SMARTS) is 1. The van der Waals surface area contributed by atoms with Gasteiger partial charge in [0.05, 0.1) is 17.6 Å². The Morgan fingerprint density at radius 2 is 1.68 bits per heavy atom. The van der Waals surface area contributed by atoms with Gasteiger partial charge in [0.15, 0.2) is 0 Å². The Balaban J connectivity index is 1.76. The minimum atomic E-state index is -3.88. The van der Waals surface area contributed by atoms with Crippen molar-refractivity contribution in [2.24, 2.45) is 0 Å². The van der Waals surface area contributed by atoms with E-state index < -0.39 is 28.1 Å². The van der Waals surface area contributed by atoms with Gasteiger partial charge in [-0.3, -0.25) is 4.79 Å². The van der Waals surface area contributed by atoms with Crippen LogP contribution in [0.25, 0.3) is 0 Å². The van der Waals surface area contributed by atoms with Crippen molar-refractivity contribution in [3.05, 3.63) is 66.2 Å². The third-order valence-electron chi connectivity index (χ3n) is 4.18. The highest BCUT2D eigenvalue weighted by Gasteiger charge is 2.44. The molecular formula is C18H19NO5S. The van der Waals surface area contributed by atoms with Crippen molar-refractivity contribution < 1.29 is 23.1 Å². The largest absolute Gasteiger partial charge is 0.480 e. The molecule has 1 fully saturated rings. The second-order valence-corrected chi connectivity index (χ2v) is 7.79. The second kappa shape index (κ2) is 7.35. The van der Waals surface area contributed by atoms with Crippen molar-refractivity contribution in [1.29, 1.82) is 0 Å². The first-order valence-electron chi connectivity index (χ1n) is 7.93. The fourth-order valence-corrected chi connectivity index (χ4v) is 4.54. The minimum absolute atomic E-state index is 0.0288. The predicted octanol–water partition coefficient (Wildman–Crippen LogP) is 2.12. The summed E-state index contributed by atoms with van der Waals surface area (Å²) in [5.41, 5.74) is 0.957. The first kappa shape index (κ1) is 17.6. The SMILES string of the molecule is O=C(O)[C@@H]1C[C@@H](OCc2ccccc2)CN1S(=O)(=O)c1ccccc1. The van der Waals surface area contributed by atoms with E-state index in [-0.39, 0.29) is 17.9 Å². The van der Waals surface area contributed by atoms with Gasteiger partial charge < -0.3 is 9.84 Å². The number of hydrogen-bond donors (Lipinski definition) is 1. The van der Waals surface area contributed by atoms with Gasteiger partial charge >= 0.3 is 5.97 Å². The van der Waals surface area contributed by atoms with Gasteiger partial charge in [0.2, 0.25) is 10.0 Å². The Hall–Kier alpha value is -2.22. The molecule has 1 aliphatic rings. The summed E-state index contributed by atoms with van der Waals surface area (Å²) in [6.07, 6.45) is -0.325. The zero-order chi connectivity index (χ0) is 17.9. The maximum Gasteiger partial charge on any atom is 0.322 e. The first-order chi connectivity index (χ1) is 12.0. The second-order valence-electron chi connectivity index (χ2n) is 5.90. The Labute approximate surface area is 146 Å². The minimum Gasteiger partial charge on any atom is -0.480 e. The van der Waals surface area contributed by atoms with Crippen LogP contribution in [-0.4, -0.2) is 42.5 Å². The van der Waals surface area contributed by atoms with E-state index in [0.29, 0.717) is 6.61 Å². The zero-order valence-electron chi connectivity index (χ0n) is 13.5. The quantitative estimate of drug-likeness (QED) is 0.852. The van der Waals surface area contributed by atoms with Crippen molar-refractivity contribution in [1.82, 2.24) is 4.31 Å². The normalized spacial score (nSPS) is 21.3. The Morgan fingerprint density at radius 1 is 1.08 bits per heavy atom. The fourth-order valence-electron chi connectivity index (χ4n) is 2.90. The summed E-state index contributed by atoms with van der Waals surface area (Å²) in [5, 5.41) is 9.44. The number of aliphatic carboxylic acids is 1. The summed E-state index contributed by atoms with van der Waals surface area (Å²) < 4.78 is 32.3. The molecule has 0 bridgehead atoms. The molecule has 0 radical (unpaired) electrons. The van der Waals surface area contributed by atoms with Gasteiger partial charge in [0.25, 0.3) is 0 Å². The third-order valence-corrected chi connectivity index (χ3v) is 6.07. The van der Waals surface area contributed by atoms with Crippen LogP contribution in [0.1, 0.15) is 12.0 Å². The summed E-state index contributed by atoms with van der Waals surface area (Å²) in [6.45, 7) is 0.345. The van der Waals surface area contributed by atoms with Crippen LogP contribution in [0, 0.1) is 0 Å². The van der Waals surface area contributed by atoms with Crippen LogP contribution in [0.15, 0.2) is 65.6 Å². The summed E-state index contributed by atoms with van der Waals surface area (Å²) in [4.78, 5) is 11.6. The molecule has 3 rings (SSSR count). The topological polar surface area (TPSA) is 83.9 Å². The summed E-state index contributed by atoms with van der Waals surface area (Å²) in [7, 11) is -3.88. The number of nitrogens with zero attached hydrogens (tertiary/aromatic N) is 1. The Bertz CT molecular complexity index is 823. The zero-order valence-corrected chi connectivity index (χ0v) is 14.3. The van der Waals surface area contributed by atoms with Crippen LogP contribution >= 0.6 is 0 Å². The van der Waals surface area contributed by atoms with Crippen molar-refractivity contribution in [2.45, 2.75) is 30.1 Å². The number of sulfonamides is 1. The summed E-state index contributed by atoms with van der Waals surface area (Å²) in [5.74, 6) is -1.16. The van der Waals surface area contributed by atoms with E-state index in [4.69, 9.17) is 4.74 Å². The lowest BCUT2D eigenvalue weighted by atomic mass is 10.2. The van der Waals surface area contributed by atoms with Gasteiger partial charge in [-0.05, 0) is 17.7 Å². The standard InChI is InChI=1S/C18H19NO5S/c20-18(21)17-11-15(24-13-14-7-3-1-4-8-14)12-19(17)25(22,23)16-9-5-2-6-10-16/h1-10,15,17H,11-13H2,(H,20,21)/t15-,17+/m1/s1. The molecule has 2 atom stereocenters. The van der Waals surface area contributed by atoms with Gasteiger partial charge in [-0.25, -0.2) is 8.42 Å². The summed E-state index contributed by atoms with van der Waals surface area (Å²) >= 11 is 0. The van der Waals surface area contributed by atoms with Crippen molar-refractivity contribution in [3.63, 3.8) is 0 Å². The molecule has 0 spiro atoms. The van der Waals surface area contributed by atoms with E-state index in [1.54, 1.807) is 18.2 Å². The highest BCUT2D eigenvalue weighted by molar-refractivity contribution is 7.89. The lowest BCUT2D eigenvalue weighted by molar-refractivity contribution is -0.140. The molecule has 0 saturated carbocycles. The van der Waals surface area contributed by atoms with Gasteiger partial charge in [-0.15, -0.1) is 0 Å². The van der Waals surface area contributed by atoms with E-state index in [1.165, 1.54) is 12.1 Å². The molecule has 1 N–H and O–H groups in total. The van der Waals surface area contributed by atoms with Crippen LogP contribution in [0.2, 0.25) is 0 Å². The van der Waals surface area contributed by atoms with Crippen LogP contribution < -0.4 is 0 Å². The molecule has 2 aromatic rings. The molecule has 0 amide bonds. The van der Waals surface area contributed by atoms with E-state index in [9.17, 15) is 18.3 Å². The Morgan fingerprint density at radius 3 is 2.28 bits per heavy atom. The van der Waals surface area contributed by atoms with E-state index in [2.05, 4.69) is 0 Å². The smallest absolute Gasteiger partial charge is 0.322 e. The Kier molecular flexibility index (Phi) is 5.17. The number of ether oxygens (including phenoxy) is 1. The molecule has 0 unspecified atom stereocenters. The van der Waals surface area contributed by atoms with Crippen LogP contribution in [0.5, 0.6) is 0 Å². The highest BCUT2D eigenvalue weighted by Crippen LogP contribution is 2.28. The van der Waals surface area contributed by atoms with E-state index in [1.807, 2.05) is 30.3 Å². The van der Waals surface area contributed by atoms with E-state index >= 15 is 0 Å². The molecule has 25 heavy (non-hydrogen) atoms. The lowest BCUT2D eigenvalue weighted by Crippen LogP contribution is -2.40. The van der Waals surface area contributed by atoms with Crippen LogP contribution in [0.3, 0.4) is 0 Å². The molecule has 6 nitrogen and oxygen atoms in total. The average molecular weight is 361 g/mol. The number of carboxylic acids is 1. The molecule has 1 heterocycles. The highest BCUT2D eigenvalue weighted by atomic mass is 32.2. The molecule has 0 aromatic heterocycles. The third kappa shape index (κ3) is 3.89. The molecular weight excluding hydrogens is 342 g/mol. The van der Waals surface area contributed by atoms with Crippen molar-refractivity contribution in [3.8, 4) is 0 Å². The van der Waals surface area contributed by atoms with Crippen LogP contribution in [-0.2, 0) is 26.2 Å². The molecule has 0 aliphatic carbocycles. The van der Waals surface area contributed by atoms with Gasteiger partial charge in [0, 0.05) is 13.0 Å². The maximum absolute atomic E-state index is 12.8.